The molecule has 0 radical (unpaired) electrons. The summed E-state index contributed by atoms with van der Waals surface area (Å²) in [6, 6.07) is 3.52. The lowest BCUT2D eigenvalue weighted by Gasteiger charge is -2.33. The molecule has 2 N–H and O–H groups in total. The third kappa shape index (κ3) is 3.50. The summed E-state index contributed by atoms with van der Waals surface area (Å²) in [5.74, 6) is -0.830. The molecule has 0 saturated heterocycles. The van der Waals surface area contributed by atoms with Crippen LogP contribution in [0.4, 0.5) is 8.78 Å². The molecule has 0 aliphatic carbocycles. The largest absolute Gasteiger partial charge is 0.329 e. The Balaban J connectivity index is 2.98. The van der Waals surface area contributed by atoms with Gasteiger partial charge in [-0.05, 0) is 38.6 Å². The van der Waals surface area contributed by atoms with Crippen LogP contribution >= 0.6 is 0 Å². The second-order valence-electron chi connectivity index (χ2n) is 4.72. The van der Waals surface area contributed by atoms with Crippen LogP contribution in [0, 0.1) is 11.6 Å². The zero-order valence-corrected chi connectivity index (χ0v) is 11.3. The van der Waals surface area contributed by atoms with Crippen molar-refractivity contribution in [1.29, 1.82) is 0 Å². The van der Waals surface area contributed by atoms with Crippen LogP contribution in [0.15, 0.2) is 18.2 Å². The third-order valence-corrected chi connectivity index (χ3v) is 3.43. The Labute approximate surface area is 108 Å². The van der Waals surface area contributed by atoms with Crippen molar-refractivity contribution in [3.8, 4) is 0 Å². The number of likely N-dealkylation sites (N-methyl/N-ethyl adjacent to an activating group) is 1. The highest BCUT2D eigenvalue weighted by atomic mass is 19.1. The number of nitrogens with zero attached hydrogens (tertiary/aromatic N) is 1. The van der Waals surface area contributed by atoms with Gasteiger partial charge in [-0.1, -0.05) is 13.3 Å². The van der Waals surface area contributed by atoms with Crippen LogP contribution in [0.3, 0.4) is 0 Å². The molecule has 1 aromatic carbocycles. The summed E-state index contributed by atoms with van der Waals surface area (Å²) in [6.45, 7) is 4.44. The van der Waals surface area contributed by atoms with Gasteiger partial charge in [-0.25, -0.2) is 8.78 Å². The van der Waals surface area contributed by atoms with Gasteiger partial charge in [0.25, 0.3) is 0 Å². The summed E-state index contributed by atoms with van der Waals surface area (Å²) >= 11 is 0. The van der Waals surface area contributed by atoms with Crippen LogP contribution < -0.4 is 5.73 Å². The van der Waals surface area contributed by atoms with Crippen LogP contribution in [0.5, 0.6) is 0 Å². The van der Waals surface area contributed by atoms with Crippen molar-refractivity contribution < 1.29 is 8.78 Å². The van der Waals surface area contributed by atoms with Crippen molar-refractivity contribution in [2.45, 2.75) is 38.8 Å². The Kier molecular flexibility index (Phi) is 5.69. The maximum Gasteiger partial charge on any atom is 0.128 e. The predicted molar refractivity (Wildman–Crippen MR) is 70.3 cm³/mol. The van der Waals surface area contributed by atoms with Gasteiger partial charge in [0.1, 0.15) is 11.6 Å². The first-order chi connectivity index (χ1) is 8.51. The smallest absolute Gasteiger partial charge is 0.128 e. The maximum absolute atomic E-state index is 13.8. The molecule has 0 amide bonds. The average Bonchev–Trinajstić information content (AvgIpc) is 2.34. The van der Waals surface area contributed by atoms with E-state index in [2.05, 4.69) is 13.8 Å². The fourth-order valence-corrected chi connectivity index (χ4v) is 2.21. The second kappa shape index (κ2) is 6.81. The van der Waals surface area contributed by atoms with Crippen molar-refractivity contribution in [2.24, 2.45) is 5.73 Å². The van der Waals surface area contributed by atoms with Gasteiger partial charge in [-0.3, -0.25) is 4.90 Å². The molecule has 0 aromatic heterocycles. The van der Waals surface area contributed by atoms with Gasteiger partial charge in [0, 0.05) is 24.2 Å². The average molecular weight is 256 g/mol. The second-order valence-corrected chi connectivity index (χ2v) is 4.72. The summed E-state index contributed by atoms with van der Waals surface area (Å²) in [5, 5.41) is 0. The molecule has 0 saturated carbocycles. The van der Waals surface area contributed by atoms with Crippen LogP contribution in [0.25, 0.3) is 0 Å². The lowest BCUT2D eigenvalue weighted by molar-refractivity contribution is 0.176. The van der Waals surface area contributed by atoms with E-state index in [1.807, 2.05) is 11.9 Å². The van der Waals surface area contributed by atoms with Gasteiger partial charge in [0.05, 0.1) is 0 Å². The molecular formula is C14H22F2N2. The molecule has 0 aliphatic heterocycles. The molecule has 2 atom stereocenters. The van der Waals surface area contributed by atoms with Gasteiger partial charge in [0.15, 0.2) is 0 Å². The fraction of sp³-hybridized carbons (Fsp3) is 0.571. The van der Waals surface area contributed by atoms with E-state index in [-0.39, 0.29) is 18.6 Å². The number of benzene rings is 1. The molecule has 0 spiro atoms. The van der Waals surface area contributed by atoms with E-state index in [9.17, 15) is 8.78 Å². The first kappa shape index (κ1) is 15.1. The zero-order chi connectivity index (χ0) is 13.7. The van der Waals surface area contributed by atoms with Crippen LogP contribution in [-0.2, 0) is 0 Å². The van der Waals surface area contributed by atoms with Gasteiger partial charge < -0.3 is 5.73 Å². The first-order valence-corrected chi connectivity index (χ1v) is 6.38. The molecular weight excluding hydrogens is 234 g/mol. The van der Waals surface area contributed by atoms with Gasteiger partial charge in [-0.2, -0.15) is 0 Å². The lowest BCUT2D eigenvalue weighted by Crippen LogP contribution is -2.37. The minimum atomic E-state index is -0.429. The highest BCUT2D eigenvalue weighted by Gasteiger charge is 2.22. The molecule has 102 valence electrons. The van der Waals surface area contributed by atoms with E-state index in [0.717, 1.165) is 25.0 Å². The van der Waals surface area contributed by atoms with Crippen molar-refractivity contribution in [3.05, 3.63) is 35.4 Å². The minimum Gasteiger partial charge on any atom is -0.329 e. The molecule has 2 unspecified atom stereocenters. The molecule has 4 heteroatoms. The molecule has 0 heterocycles. The van der Waals surface area contributed by atoms with Crippen molar-refractivity contribution in [2.75, 3.05) is 13.6 Å². The van der Waals surface area contributed by atoms with E-state index < -0.39 is 11.6 Å². The number of halogens is 2. The molecule has 1 aromatic rings. The van der Waals surface area contributed by atoms with Gasteiger partial charge in [0.2, 0.25) is 0 Å². The Hall–Kier alpha value is -1.00. The molecule has 2 nitrogen and oxygen atoms in total. The predicted octanol–water partition coefficient (Wildman–Crippen LogP) is 3.09. The number of hydrogen-bond donors (Lipinski definition) is 1. The normalized spacial score (nSPS) is 14.8. The quantitative estimate of drug-likeness (QED) is 0.847. The maximum atomic E-state index is 13.8. The minimum absolute atomic E-state index is 0.269. The Morgan fingerprint density at radius 1 is 1.33 bits per heavy atom. The van der Waals surface area contributed by atoms with E-state index >= 15 is 0 Å². The Morgan fingerprint density at radius 2 is 2.00 bits per heavy atom. The Morgan fingerprint density at radius 3 is 2.56 bits per heavy atom. The SMILES string of the molecule is CCCC(C)N(C)C(CN)c1cc(F)ccc1F. The van der Waals surface area contributed by atoms with Crippen molar-refractivity contribution in [3.63, 3.8) is 0 Å². The summed E-state index contributed by atoms with van der Waals surface area (Å²) in [6.07, 6.45) is 2.05. The van der Waals surface area contributed by atoms with E-state index in [1.54, 1.807) is 0 Å². The summed E-state index contributed by atoms with van der Waals surface area (Å²) in [4.78, 5) is 2.02. The van der Waals surface area contributed by atoms with E-state index in [1.165, 1.54) is 6.07 Å². The molecule has 0 bridgehead atoms. The fourth-order valence-electron chi connectivity index (χ4n) is 2.21. The Bertz CT molecular complexity index is 382. The van der Waals surface area contributed by atoms with Crippen molar-refractivity contribution in [1.82, 2.24) is 4.90 Å². The number of hydrogen-bond acceptors (Lipinski definition) is 2. The zero-order valence-electron chi connectivity index (χ0n) is 11.3. The van der Waals surface area contributed by atoms with Gasteiger partial charge >= 0.3 is 0 Å². The first-order valence-electron chi connectivity index (χ1n) is 6.38. The number of nitrogens with two attached hydrogens (primary N) is 1. The summed E-state index contributed by atoms with van der Waals surface area (Å²) < 4.78 is 27.0. The highest BCUT2D eigenvalue weighted by molar-refractivity contribution is 5.23. The lowest BCUT2D eigenvalue weighted by atomic mass is 10.0. The van der Waals surface area contributed by atoms with E-state index in [4.69, 9.17) is 5.73 Å². The standard InChI is InChI=1S/C14H22F2N2/c1-4-5-10(2)18(3)14(9-17)12-8-11(15)6-7-13(12)16/h6-8,10,14H,4-5,9,17H2,1-3H3. The topological polar surface area (TPSA) is 29.3 Å². The van der Waals surface area contributed by atoms with Crippen LogP contribution in [0.2, 0.25) is 0 Å². The van der Waals surface area contributed by atoms with E-state index in [0.29, 0.717) is 5.56 Å². The molecule has 1 rings (SSSR count). The van der Waals surface area contributed by atoms with Crippen LogP contribution in [-0.4, -0.2) is 24.5 Å². The number of rotatable bonds is 6. The molecule has 0 fully saturated rings. The summed E-state index contributed by atoms with van der Waals surface area (Å²) in [5.41, 5.74) is 6.06. The van der Waals surface area contributed by atoms with Crippen molar-refractivity contribution >= 4 is 0 Å². The van der Waals surface area contributed by atoms with Gasteiger partial charge in [-0.15, -0.1) is 0 Å². The highest BCUT2D eigenvalue weighted by Crippen LogP contribution is 2.25. The van der Waals surface area contributed by atoms with Crippen LogP contribution in [0.1, 0.15) is 38.3 Å². The molecule has 18 heavy (non-hydrogen) atoms. The monoisotopic (exact) mass is 256 g/mol. The third-order valence-electron chi connectivity index (χ3n) is 3.43. The molecule has 0 aliphatic rings. The summed E-state index contributed by atoms with van der Waals surface area (Å²) in [7, 11) is 1.90.